The number of benzene rings is 1. The number of halogens is 3. The Hall–Kier alpha value is 0.320. The summed E-state index contributed by atoms with van der Waals surface area (Å²) in [5.41, 5.74) is 1.23. The molecule has 1 aromatic heterocycles. The first-order valence-corrected chi connectivity index (χ1v) is 9.30. The molecule has 0 unspecified atom stereocenters. The van der Waals surface area contributed by atoms with Crippen molar-refractivity contribution in [1.29, 1.82) is 0 Å². The summed E-state index contributed by atoms with van der Waals surface area (Å²) in [5.74, 6) is 0. The second-order valence-electron chi connectivity index (χ2n) is 4.67. The van der Waals surface area contributed by atoms with Crippen molar-refractivity contribution < 1.29 is 0 Å². The number of nitrogens with one attached hydrogen (secondary N) is 1. The van der Waals surface area contributed by atoms with Gasteiger partial charge < -0.3 is 5.32 Å². The molecule has 0 atom stereocenters. The van der Waals surface area contributed by atoms with Crippen LogP contribution in [0.5, 0.6) is 0 Å². The lowest BCUT2D eigenvalue weighted by atomic mass is 10.2. The second-order valence-corrected chi connectivity index (χ2v) is 8.46. The Morgan fingerprint density at radius 3 is 2.42 bits per heavy atom. The minimum atomic E-state index is 0.761. The quantitative estimate of drug-likeness (QED) is 0.587. The summed E-state index contributed by atoms with van der Waals surface area (Å²) in [6, 6.07) is 9.35. The van der Waals surface area contributed by atoms with Gasteiger partial charge in [0.05, 0.1) is 0 Å². The monoisotopic (exact) mass is 463 g/mol. The van der Waals surface area contributed by atoms with E-state index in [-0.39, 0.29) is 0 Å². The molecule has 100 valence electrons. The number of hydrogen-bond acceptors (Lipinski definition) is 2. The van der Waals surface area contributed by atoms with Crippen molar-refractivity contribution in [2.45, 2.75) is 25.4 Å². The molecule has 1 N–H and O–H groups in total. The summed E-state index contributed by atoms with van der Waals surface area (Å²) in [4.78, 5) is 2.68. The first kappa shape index (κ1) is 14.3. The molecule has 1 fully saturated rings. The molecular weight excluding hydrogens is 454 g/mol. The zero-order chi connectivity index (χ0) is 13.4. The predicted molar refractivity (Wildman–Crippen MR) is 92.7 cm³/mol. The lowest BCUT2D eigenvalue weighted by Gasteiger charge is -2.06. The van der Waals surface area contributed by atoms with Crippen molar-refractivity contribution in [3.63, 3.8) is 0 Å². The molecule has 1 aromatic carbocycles. The smallest absolute Gasteiger partial charge is 0.0368 e. The van der Waals surface area contributed by atoms with Gasteiger partial charge in [-0.2, -0.15) is 0 Å². The molecule has 1 saturated carbocycles. The maximum atomic E-state index is 3.65. The minimum Gasteiger partial charge on any atom is -0.309 e. The van der Waals surface area contributed by atoms with Gasteiger partial charge in [-0.15, -0.1) is 11.3 Å². The van der Waals surface area contributed by atoms with Gasteiger partial charge in [-0.3, -0.25) is 0 Å². The van der Waals surface area contributed by atoms with Crippen LogP contribution in [0.1, 0.15) is 17.7 Å². The molecule has 1 nitrogen and oxygen atoms in total. The van der Waals surface area contributed by atoms with Gasteiger partial charge in [0.1, 0.15) is 0 Å². The third-order valence-corrected chi connectivity index (χ3v) is 5.87. The van der Waals surface area contributed by atoms with Crippen LogP contribution in [0.25, 0.3) is 10.4 Å². The largest absolute Gasteiger partial charge is 0.309 e. The zero-order valence-electron chi connectivity index (χ0n) is 10.1. The van der Waals surface area contributed by atoms with Crippen molar-refractivity contribution in [1.82, 2.24) is 5.32 Å². The highest BCUT2D eigenvalue weighted by Gasteiger charge is 2.20. The van der Waals surface area contributed by atoms with E-state index in [1.165, 1.54) is 28.2 Å². The van der Waals surface area contributed by atoms with Gasteiger partial charge in [0.25, 0.3) is 0 Å². The Morgan fingerprint density at radius 1 is 1.11 bits per heavy atom. The molecule has 2 aromatic rings. The minimum absolute atomic E-state index is 0.761. The van der Waals surface area contributed by atoms with Crippen molar-refractivity contribution in [3.8, 4) is 10.4 Å². The summed E-state index contributed by atoms with van der Waals surface area (Å²) in [5, 5.41) is 3.56. The van der Waals surface area contributed by atoms with E-state index in [1.54, 1.807) is 0 Å². The van der Waals surface area contributed by atoms with Crippen LogP contribution in [0.15, 0.2) is 37.7 Å². The van der Waals surface area contributed by atoms with Gasteiger partial charge in [0, 0.05) is 41.3 Å². The zero-order valence-corrected chi connectivity index (χ0v) is 15.6. The molecule has 0 radical (unpaired) electrons. The van der Waals surface area contributed by atoms with E-state index in [1.807, 2.05) is 11.3 Å². The van der Waals surface area contributed by atoms with E-state index in [4.69, 9.17) is 0 Å². The SMILES string of the molecule is Brc1cc(Br)c(-c2ccc(CNC3CC3)s2)c(Br)c1. The van der Waals surface area contributed by atoms with Crippen LogP contribution in [0, 0.1) is 0 Å². The third-order valence-electron chi connectivity index (χ3n) is 3.06. The normalized spacial score (nSPS) is 14.9. The predicted octanol–water partition coefficient (Wildman–Crippen LogP) is 5.95. The van der Waals surface area contributed by atoms with E-state index in [0.717, 1.165) is 26.0 Å². The number of thiophene rings is 1. The Kier molecular flexibility index (Phi) is 4.49. The third kappa shape index (κ3) is 3.50. The van der Waals surface area contributed by atoms with Crippen LogP contribution < -0.4 is 5.32 Å². The highest BCUT2D eigenvalue weighted by atomic mass is 79.9. The molecule has 0 bridgehead atoms. The molecule has 1 aliphatic rings. The molecular formula is C14H12Br3NS. The van der Waals surface area contributed by atoms with Crippen LogP contribution >= 0.6 is 59.1 Å². The fraction of sp³-hybridized carbons (Fsp3) is 0.286. The second kappa shape index (κ2) is 5.98. The van der Waals surface area contributed by atoms with Crippen LogP contribution in [0.2, 0.25) is 0 Å². The summed E-state index contributed by atoms with van der Waals surface area (Å²) >= 11 is 12.7. The fourth-order valence-corrected chi connectivity index (χ4v) is 5.90. The standard InChI is InChI=1S/C14H12Br3NS/c15-8-5-11(16)14(12(17)6-8)13-4-3-10(19-13)7-18-9-1-2-9/h3-6,9,18H,1-2,7H2. The highest BCUT2D eigenvalue weighted by Crippen LogP contribution is 2.40. The Balaban J connectivity index is 1.85. The van der Waals surface area contributed by atoms with E-state index in [9.17, 15) is 0 Å². The molecule has 0 amide bonds. The molecule has 1 aliphatic carbocycles. The van der Waals surface area contributed by atoms with Gasteiger partial charge in [-0.05, 0) is 37.1 Å². The van der Waals surface area contributed by atoms with Gasteiger partial charge in [0.2, 0.25) is 0 Å². The Bertz CT molecular complexity index is 581. The Labute approximate surface area is 142 Å². The van der Waals surface area contributed by atoms with Crippen molar-refractivity contribution in [2.75, 3.05) is 0 Å². The van der Waals surface area contributed by atoms with E-state index < -0.39 is 0 Å². The van der Waals surface area contributed by atoms with Gasteiger partial charge >= 0.3 is 0 Å². The molecule has 3 rings (SSSR count). The Morgan fingerprint density at radius 2 is 1.79 bits per heavy atom. The molecule has 0 saturated heterocycles. The van der Waals surface area contributed by atoms with Crippen LogP contribution in [0.4, 0.5) is 0 Å². The van der Waals surface area contributed by atoms with E-state index in [2.05, 4.69) is 77.4 Å². The molecule has 0 aliphatic heterocycles. The first-order chi connectivity index (χ1) is 9.13. The highest BCUT2D eigenvalue weighted by molar-refractivity contribution is 9.11. The van der Waals surface area contributed by atoms with E-state index >= 15 is 0 Å². The van der Waals surface area contributed by atoms with E-state index in [0.29, 0.717) is 0 Å². The molecule has 19 heavy (non-hydrogen) atoms. The average Bonchev–Trinajstić information content (AvgIpc) is 3.05. The average molecular weight is 466 g/mol. The lowest BCUT2D eigenvalue weighted by Crippen LogP contribution is -2.14. The van der Waals surface area contributed by atoms with Gasteiger partial charge in [-0.25, -0.2) is 0 Å². The molecule has 0 spiro atoms. The first-order valence-electron chi connectivity index (χ1n) is 6.10. The summed E-state index contributed by atoms with van der Waals surface area (Å²) in [6.07, 6.45) is 2.67. The van der Waals surface area contributed by atoms with Crippen molar-refractivity contribution in [2.24, 2.45) is 0 Å². The van der Waals surface area contributed by atoms with Crippen molar-refractivity contribution >= 4 is 59.1 Å². The number of hydrogen-bond donors (Lipinski definition) is 1. The van der Waals surface area contributed by atoms with Gasteiger partial charge in [0.15, 0.2) is 0 Å². The summed E-state index contributed by atoms with van der Waals surface area (Å²) in [6.45, 7) is 0.987. The van der Waals surface area contributed by atoms with Crippen LogP contribution in [0.3, 0.4) is 0 Å². The number of rotatable bonds is 4. The van der Waals surface area contributed by atoms with Crippen LogP contribution in [-0.2, 0) is 6.54 Å². The summed E-state index contributed by atoms with van der Waals surface area (Å²) in [7, 11) is 0. The molecule has 1 heterocycles. The fourth-order valence-electron chi connectivity index (χ4n) is 1.92. The van der Waals surface area contributed by atoms with Crippen molar-refractivity contribution in [3.05, 3.63) is 42.6 Å². The maximum Gasteiger partial charge on any atom is 0.0368 e. The summed E-state index contributed by atoms with van der Waals surface area (Å²) < 4.78 is 3.29. The topological polar surface area (TPSA) is 12.0 Å². The lowest BCUT2D eigenvalue weighted by molar-refractivity contribution is 0.695. The maximum absolute atomic E-state index is 3.65. The van der Waals surface area contributed by atoms with Crippen LogP contribution in [-0.4, -0.2) is 6.04 Å². The molecule has 5 heteroatoms. The van der Waals surface area contributed by atoms with Gasteiger partial charge in [-0.1, -0.05) is 47.8 Å².